The van der Waals surface area contributed by atoms with Crippen LogP contribution in [0, 0.1) is 5.82 Å². The predicted molar refractivity (Wildman–Crippen MR) is 90.5 cm³/mol. The molecule has 1 amide bonds. The van der Waals surface area contributed by atoms with Crippen LogP contribution in [0.25, 0.3) is 17.5 Å². The van der Waals surface area contributed by atoms with Gasteiger partial charge in [0, 0.05) is 24.4 Å². The van der Waals surface area contributed by atoms with Gasteiger partial charge in [0.05, 0.1) is 0 Å². The normalized spacial score (nSPS) is 10.9. The van der Waals surface area contributed by atoms with Gasteiger partial charge in [-0.1, -0.05) is 24.3 Å². The highest BCUT2D eigenvalue weighted by Gasteiger charge is 2.06. The van der Waals surface area contributed by atoms with Crippen LogP contribution in [0.3, 0.4) is 0 Å². The summed E-state index contributed by atoms with van der Waals surface area (Å²) in [5.74, 6) is 0.139. The van der Waals surface area contributed by atoms with Crippen LogP contribution in [-0.2, 0) is 11.8 Å². The molecule has 0 atom stereocenters. The van der Waals surface area contributed by atoms with Crippen LogP contribution in [0.4, 0.5) is 10.1 Å². The zero-order chi connectivity index (χ0) is 16.9. The minimum atomic E-state index is -0.308. The Kier molecular flexibility index (Phi) is 4.47. The molecule has 6 heteroatoms. The number of hydrogen-bond acceptors (Lipinski definition) is 3. The molecular weight excluding hydrogens is 307 g/mol. The van der Waals surface area contributed by atoms with E-state index in [0.717, 1.165) is 11.1 Å². The Hall–Kier alpha value is -3.28. The van der Waals surface area contributed by atoms with E-state index >= 15 is 0 Å². The van der Waals surface area contributed by atoms with E-state index in [4.69, 9.17) is 0 Å². The molecule has 0 saturated heterocycles. The number of aryl methyl sites for hydroxylation is 1. The molecule has 0 spiro atoms. The lowest BCUT2D eigenvalue weighted by molar-refractivity contribution is -0.111. The van der Waals surface area contributed by atoms with Crippen LogP contribution >= 0.6 is 0 Å². The molecule has 5 nitrogen and oxygen atoms in total. The number of aromatic nitrogens is 3. The quantitative estimate of drug-likeness (QED) is 0.750. The number of anilines is 1. The van der Waals surface area contributed by atoms with Crippen LogP contribution in [0.2, 0.25) is 0 Å². The second-order valence-electron chi connectivity index (χ2n) is 5.22. The van der Waals surface area contributed by atoms with Crippen molar-refractivity contribution in [2.75, 3.05) is 5.32 Å². The van der Waals surface area contributed by atoms with Crippen molar-refractivity contribution in [3.8, 4) is 11.4 Å². The third-order valence-electron chi connectivity index (χ3n) is 3.40. The van der Waals surface area contributed by atoms with Crippen LogP contribution in [0.15, 0.2) is 60.9 Å². The van der Waals surface area contributed by atoms with Crippen molar-refractivity contribution in [3.05, 3.63) is 72.3 Å². The highest BCUT2D eigenvalue weighted by Crippen LogP contribution is 2.20. The van der Waals surface area contributed by atoms with Gasteiger partial charge in [0.25, 0.3) is 0 Å². The molecule has 24 heavy (non-hydrogen) atoms. The zero-order valence-electron chi connectivity index (χ0n) is 13.0. The van der Waals surface area contributed by atoms with E-state index in [9.17, 15) is 9.18 Å². The summed E-state index contributed by atoms with van der Waals surface area (Å²) in [4.78, 5) is 12.0. The summed E-state index contributed by atoms with van der Waals surface area (Å²) >= 11 is 0. The maximum absolute atomic E-state index is 12.8. The van der Waals surface area contributed by atoms with Crippen molar-refractivity contribution in [1.82, 2.24) is 14.8 Å². The number of benzene rings is 2. The summed E-state index contributed by atoms with van der Waals surface area (Å²) in [6, 6.07) is 13.3. The van der Waals surface area contributed by atoms with Gasteiger partial charge in [0.2, 0.25) is 5.91 Å². The Morgan fingerprint density at radius 1 is 1.21 bits per heavy atom. The summed E-state index contributed by atoms with van der Waals surface area (Å²) in [6.07, 6.45) is 4.65. The van der Waals surface area contributed by atoms with Gasteiger partial charge in [-0.25, -0.2) is 4.39 Å². The number of nitrogens with zero attached hydrogens (tertiary/aromatic N) is 3. The predicted octanol–water partition coefficient (Wildman–Crippen LogP) is 3.27. The van der Waals surface area contributed by atoms with Crippen LogP contribution in [-0.4, -0.2) is 20.7 Å². The van der Waals surface area contributed by atoms with Crippen molar-refractivity contribution < 1.29 is 9.18 Å². The molecule has 0 aliphatic rings. The Morgan fingerprint density at radius 2 is 2.00 bits per heavy atom. The molecule has 3 aromatic rings. The third-order valence-corrected chi connectivity index (χ3v) is 3.40. The van der Waals surface area contributed by atoms with E-state index < -0.39 is 0 Å². The molecule has 3 rings (SSSR count). The number of amides is 1. The Labute approximate surface area is 138 Å². The fourth-order valence-electron chi connectivity index (χ4n) is 2.21. The molecule has 0 aliphatic carbocycles. The fraction of sp³-hybridized carbons (Fsp3) is 0.0556. The van der Waals surface area contributed by atoms with E-state index in [-0.39, 0.29) is 11.7 Å². The average molecular weight is 322 g/mol. The van der Waals surface area contributed by atoms with Gasteiger partial charge in [-0.3, -0.25) is 4.79 Å². The smallest absolute Gasteiger partial charge is 0.248 e. The van der Waals surface area contributed by atoms with Crippen molar-refractivity contribution in [2.24, 2.45) is 7.05 Å². The van der Waals surface area contributed by atoms with Gasteiger partial charge in [0.15, 0.2) is 5.82 Å². The van der Waals surface area contributed by atoms with E-state index in [2.05, 4.69) is 15.5 Å². The third kappa shape index (κ3) is 3.73. The summed E-state index contributed by atoms with van der Waals surface area (Å²) < 4.78 is 14.6. The highest BCUT2D eigenvalue weighted by molar-refractivity contribution is 6.02. The van der Waals surface area contributed by atoms with Crippen LogP contribution < -0.4 is 5.32 Å². The second-order valence-corrected chi connectivity index (χ2v) is 5.22. The average Bonchev–Trinajstić information content (AvgIpc) is 3.01. The van der Waals surface area contributed by atoms with E-state index in [1.807, 2.05) is 25.2 Å². The van der Waals surface area contributed by atoms with Crippen LogP contribution in [0.5, 0.6) is 0 Å². The molecular formula is C18H15FN4O. The van der Waals surface area contributed by atoms with E-state index in [1.165, 1.54) is 18.2 Å². The Morgan fingerprint density at radius 3 is 2.71 bits per heavy atom. The minimum absolute atomic E-state index is 0.269. The molecule has 2 aromatic carbocycles. The molecule has 0 fully saturated rings. The minimum Gasteiger partial charge on any atom is -0.322 e. The number of carbonyl (C=O) groups is 1. The van der Waals surface area contributed by atoms with E-state index in [0.29, 0.717) is 11.5 Å². The Balaban J connectivity index is 1.70. The molecule has 120 valence electrons. The van der Waals surface area contributed by atoms with E-state index in [1.54, 1.807) is 35.2 Å². The lowest BCUT2D eigenvalue weighted by Crippen LogP contribution is -2.07. The maximum Gasteiger partial charge on any atom is 0.248 e. The fourth-order valence-corrected chi connectivity index (χ4v) is 2.21. The molecule has 1 heterocycles. The number of rotatable bonds is 4. The van der Waals surface area contributed by atoms with Gasteiger partial charge >= 0.3 is 0 Å². The molecule has 1 N–H and O–H groups in total. The first-order valence-corrected chi connectivity index (χ1v) is 7.31. The van der Waals surface area contributed by atoms with Gasteiger partial charge in [-0.05, 0) is 35.9 Å². The number of halogens is 1. The maximum atomic E-state index is 12.8. The standard InChI is InChI=1S/C18H15FN4O/c1-23-12-20-22-18(23)14-3-2-4-16(11-14)21-17(24)10-7-13-5-8-15(19)9-6-13/h2-12H,1H3,(H,21,24). The molecule has 0 unspecified atom stereocenters. The first kappa shape index (κ1) is 15.6. The Bertz CT molecular complexity index is 884. The summed E-state index contributed by atoms with van der Waals surface area (Å²) in [6.45, 7) is 0. The summed E-state index contributed by atoms with van der Waals surface area (Å²) in [7, 11) is 1.85. The van der Waals surface area contributed by atoms with Crippen molar-refractivity contribution in [2.45, 2.75) is 0 Å². The van der Waals surface area contributed by atoms with Crippen LogP contribution in [0.1, 0.15) is 5.56 Å². The monoisotopic (exact) mass is 322 g/mol. The second kappa shape index (κ2) is 6.87. The van der Waals surface area contributed by atoms with Crippen molar-refractivity contribution in [3.63, 3.8) is 0 Å². The highest BCUT2D eigenvalue weighted by atomic mass is 19.1. The lowest BCUT2D eigenvalue weighted by atomic mass is 10.2. The van der Waals surface area contributed by atoms with Gasteiger partial charge in [-0.2, -0.15) is 0 Å². The topological polar surface area (TPSA) is 59.8 Å². The summed E-state index contributed by atoms with van der Waals surface area (Å²) in [5.41, 5.74) is 2.26. The first-order valence-electron chi connectivity index (χ1n) is 7.31. The number of hydrogen-bond donors (Lipinski definition) is 1. The van der Waals surface area contributed by atoms with Crippen molar-refractivity contribution >= 4 is 17.7 Å². The molecule has 1 aromatic heterocycles. The van der Waals surface area contributed by atoms with Gasteiger partial charge < -0.3 is 9.88 Å². The largest absolute Gasteiger partial charge is 0.322 e. The molecule has 0 bridgehead atoms. The van der Waals surface area contributed by atoms with Crippen molar-refractivity contribution in [1.29, 1.82) is 0 Å². The summed E-state index contributed by atoms with van der Waals surface area (Å²) in [5, 5.41) is 10.7. The van der Waals surface area contributed by atoms with Gasteiger partial charge in [0.1, 0.15) is 12.1 Å². The number of carbonyl (C=O) groups excluding carboxylic acids is 1. The van der Waals surface area contributed by atoms with Gasteiger partial charge in [-0.15, -0.1) is 10.2 Å². The first-order chi connectivity index (χ1) is 11.6. The molecule has 0 saturated carbocycles. The molecule has 0 aliphatic heterocycles. The zero-order valence-corrected chi connectivity index (χ0v) is 13.0. The SMILES string of the molecule is Cn1cnnc1-c1cccc(NC(=O)C=Cc2ccc(F)cc2)c1. The number of nitrogens with one attached hydrogen (secondary N) is 1. The lowest BCUT2D eigenvalue weighted by Gasteiger charge is -2.05. The molecule has 0 radical (unpaired) electrons.